The molecule has 7 nitrogen and oxygen atoms in total. The topological polar surface area (TPSA) is 67.8 Å². The van der Waals surface area contributed by atoms with Crippen LogP contribution < -0.4 is 9.64 Å². The molecule has 29 heavy (non-hydrogen) atoms. The van der Waals surface area contributed by atoms with E-state index in [-0.39, 0.29) is 6.09 Å². The van der Waals surface area contributed by atoms with Gasteiger partial charge < -0.3 is 19.3 Å². The monoisotopic (exact) mass is 400 g/mol. The van der Waals surface area contributed by atoms with Gasteiger partial charge in [0.1, 0.15) is 5.60 Å². The SMILES string of the molecule is CCOc1nc2ccccc2nc1N(C)C[C@H]1CCCN(C(=O)OC(C)(C)C)C1. The molecule has 1 aliphatic rings. The highest BCUT2D eigenvalue weighted by atomic mass is 16.6. The number of likely N-dealkylation sites (tertiary alicyclic amines) is 1. The van der Waals surface area contributed by atoms with Crippen LogP contribution in [0.5, 0.6) is 5.88 Å². The van der Waals surface area contributed by atoms with Gasteiger partial charge in [0.25, 0.3) is 5.88 Å². The fourth-order valence-corrected chi connectivity index (χ4v) is 3.64. The van der Waals surface area contributed by atoms with Crippen LogP contribution in [0.25, 0.3) is 11.0 Å². The molecule has 1 amide bonds. The van der Waals surface area contributed by atoms with Gasteiger partial charge in [0.2, 0.25) is 0 Å². The number of nitrogens with zero attached hydrogens (tertiary/aromatic N) is 4. The number of hydrogen-bond donors (Lipinski definition) is 0. The maximum absolute atomic E-state index is 12.4. The molecule has 1 aliphatic heterocycles. The lowest BCUT2D eigenvalue weighted by Crippen LogP contribution is -2.45. The highest BCUT2D eigenvalue weighted by Gasteiger charge is 2.29. The summed E-state index contributed by atoms with van der Waals surface area (Å²) in [6, 6.07) is 7.80. The first-order chi connectivity index (χ1) is 13.8. The number of fused-ring (bicyclic) bond motifs is 1. The van der Waals surface area contributed by atoms with Gasteiger partial charge in [0.15, 0.2) is 5.82 Å². The number of ether oxygens (including phenoxy) is 2. The standard InChI is InChI=1S/C22H32N4O3/c1-6-28-20-19(23-17-11-7-8-12-18(17)24-20)25(5)14-16-10-9-13-26(15-16)21(27)29-22(2,3)4/h7-8,11-12,16H,6,9-10,13-15H2,1-5H3/t16-/m1/s1. The molecule has 2 heterocycles. The van der Waals surface area contributed by atoms with Gasteiger partial charge in [-0.05, 0) is 58.6 Å². The molecule has 1 saturated heterocycles. The summed E-state index contributed by atoms with van der Waals surface area (Å²) in [4.78, 5) is 25.8. The number of piperidine rings is 1. The van der Waals surface area contributed by atoms with Gasteiger partial charge in [0, 0.05) is 26.7 Å². The number of hydrogen-bond acceptors (Lipinski definition) is 6. The second kappa shape index (κ2) is 8.84. The van der Waals surface area contributed by atoms with Crippen LogP contribution in [0.2, 0.25) is 0 Å². The lowest BCUT2D eigenvalue weighted by molar-refractivity contribution is 0.0170. The fraction of sp³-hybridized carbons (Fsp3) is 0.591. The van der Waals surface area contributed by atoms with Crippen LogP contribution in [0, 0.1) is 5.92 Å². The first kappa shape index (κ1) is 21.1. The van der Waals surface area contributed by atoms with Crippen molar-refractivity contribution in [3.8, 4) is 5.88 Å². The van der Waals surface area contributed by atoms with Gasteiger partial charge in [0.05, 0.1) is 17.6 Å². The van der Waals surface area contributed by atoms with Crippen LogP contribution in [-0.2, 0) is 4.74 Å². The quantitative estimate of drug-likeness (QED) is 0.752. The maximum Gasteiger partial charge on any atom is 0.410 e. The van der Waals surface area contributed by atoms with Gasteiger partial charge in [-0.15, -0.1) is 0 Å². The van der Waals surface area contributed by atoms with Gasteiger partial charge in [-0.3, -0.25) is 0 Å². The Morgan fingerprint density at radius 2 is 1.93 bits per heavy atom. The zero-order chi connectivity index (χ0) is 21.0. The molecular formula is C22H32N4O3. The molecule has 158 valence electrons. The van der Waals surface area contributed by atoms with E-state index in [0.717, 1.165) is 42.8 Å². The lowest BCUT2D eigenvalue weighted by Gasteiger charge is -2.36. The molecule has 0 N–H and O–H groups in total. The molecule has 7 heteroatoms. The zero-order valence-electron chi connectivity index (χ0n) is 18.1. The smallest absolute Gasteiger partial charge is 0.410 e. The van der Waals surface area contributed by atoms with Crippen molar-refractivity contribution in [2.75, 3.05) is 38.2 Å². The van der Waals surface area contributed by atoms with Gasteiger partial charge in [-0.1, -0.05) is 12.1 Å². The maximum atomic E-state index is 12.4. The number of anilines is 1. The number of para-hydroxylation sites is 2. The Morgan fingerprint density at radius 3 is 2.59 bits per heavy atom. The van der Waals surface area contributed by atoms with E-state index in [1.54, 1.807) is 0 Å². The van der Waals surface area contributed by atoms with E-state index in [0.29, 0.717) is 24.9 Å². The van der Waals surface area contributed by atoms with E-state index in [4.69, 9.17) is 14.5 Å². The van der Waals surface area contributed by atoms with Crippen molar-refractivity contribution in [3.63, 3.8) is 0 Å². The number of amides is 1. The number of benzene rings is 1. The molecular weight excluding hydrogens is 368 g/mol. The molecule has 0 spiro atoms. The zero-order valence-corrected chi connectivity index (χ0v) is 18.1. The summed E-state index contributed by atoms with van der Waals surface area (Å²) in [6.07, 6.45) is 1.80. The third-order valence-corrected chi connectivity index (χ3v) is 4.87. The average Bonchev–Trinajstić information content (AvgIpc) is 2.66. The molecule has 0 bridgehead atoms. The van der Waals surface area contributed by atoms with Crippen molar-refractivity contribution in [2.24, 2.45) is 5.92 Å². The average molecular weight is 401 g/mol. The highest BCUT2D eigenvalue weighted by Crippen LogP contribution is 2.28. The van der Waals surface area contributed by atoms with Crippen LogP contribution in [0.15, 0.2) is 24.3 Å². The summed E-state index contributed by atoms with van der Waals surface area (Å²) in [5.74, 6) is 1.62. The van der Waals surface area contributed by atoms with Crippen molar-refractivity contribution in [2.45, 2.75) is 46.1 Å². The Morgan fingerprint density at radius 1 is 1.24 bits per heavy atom. The summed E-state index contributed by atoms with van der Waals surface area (Å²) >= 11 is 0. The Balaban J connectivity index is 1.73. The summed E-state index contributed by atoms with van der Waals surface area (Å²) < 4.78 is 11.3. The van der Waals surface area contributed by atoms with Crippen molar-refractivity contribution in [1.29, 1.82) is 0 Å². The molecule has 2 aromatic rings. The first-order valence-electron chi connectivity index (χ1n) is 10.4. The van der Waals surface area contributed by atoms with E-state index >= 15 is 0 Å². The van der Waals surface area contributed by atoms with E-state index in [9.17, 15) is 4.79 Å². The van der Waals surface area contributed by atoms with Crippen LogP contribution in [-0.4, -0.2) is 59.9 Å². The molecule has 1 aromatic heterocycles. The van der Waals surface area contributed by atoms with Gasteiger partial charge >= 0.3 is 6.09 Å². The number of carbonyl (C=O) groups is 1. The normalized spacial score (nSPS) is 17.3. The van der Waals surface area contributed by atoms with Crippen LogP contribution in [0.4, 0.5) is 10.6 Å². The fourth-order valence-electron chi connectivity index (χ4n) is 3.64. The Labute approximate surface area is 173 Å². The molecule has 0 radical (unpaired) electrons. The summed E-state index contributed by atoms with van der Waals surface area (Å²) in [7, 11) is 2.01. The van der Waals surface area contributed by atoms with Crippen LogP contribution >= 0.6 is 0 Å². The third kappa shape index (κ3) is 5.49. The van der Waals surface area contributed by atoms with E-state index in [1.165, 1.54) is 0 Å². The summed E-state index contributed by atoms with van der Waals surface area (Å²) in [5, 5.41) is 0. The minimum atomic E-state index is -0.478. The lowest BCUT2D eigenvalue weighted by atomic mass is 9.98. The Bertz CT molecular complexity index is 850. The van der Waals surface area contributed by atoms with Crippen molar-refractivity contribution in [1.82, 2.24) is 14.9 Å². The minimum absolute atomic E-state index is 0.231. The predicted octanol–water partition coefficient (Wildman–Crippen LogP) is 4.11. The second-order valence-electron chi connectivity index (χ2n) is 8.59. The molecule has 0 aliphatic carbocycles. The molecule has 1 atom stereocenters. The van der Waals surface area contributed by atoms with E-state index in [2.05, 4.69) is 9.88 Å². The van der Waals surface area contributed by atoms with Crippen molar-refractivity contribution >= 4 is 22.9 Å². The molecule has 3 rings (SSSR count). The number of aromatic nitrogens is 2. The molecule has 1 fully saturated rings. The van der Waals surface area contributed by atoms with Crippen molar-refractivity contribution in [3.05, 3.63) is 24.3 Å². The van der Waals surface area contributed by atoms with E-state index < -0.39 is 5.60 Å². The number of carbonyl (C=O) groups excluding carboxylic acids is 1. The summed E-state index contributed by atoms with van der Waals surface area (Å²) in [5.41, 5.74) is 1.19. The van der Waals surface area contributed by atoms with Gasteiger partial charge in [-0.25, -0.2) is 14.8 Å². The van der Waals surface area contributed by atoms with Crippen LogP contribution in [0.1, 0.15) is 40.5 Å². The third-order valence-electron chi connectivity index (χ3n) is 4.87. The first-order valence-corrected chi connectivity index (χ1v) is 10.4. The largest absolute Gasteiger partial charge is 0.475 e. The summed E-state index contributed by atoms with van der Waals surface area (Å²) in [6.45, 7) is 10.4. The highest BCUT2D eigenvalue weighted by molar-refractivity contribution is 5.77. The molecule has 0 saturated carbocycles. The Kier molecular flexibility index (Phi) is 6.45. The molecule has 0 unspecified atom stereocenters. The van der Waals surface area contributed by atoms with Crippen molar-refractivity contribution < 1.29 is 14.3 Å². The predicted molar refractivity (Wildman–Crippen MR) is 115 cm³/mol. The Hall–Kier alpha value is -2.57. The minimum Gasteiger partial charge on any atom is -0.475 e. The van der Waals surface area contributed by atoms with E-state index in [1.807, 2.05) is 63.9 Å². The molecule has 1 aromatic carbocycles. The van der Waals surface area contributed by atoms with Crippen LogP contribution in [0.3, 0.4) is 0 Å². The number of rotatable bonds is 5. The second-order valence-corrected chi connectivity index (χ2v) is 8.59. The van der Waals surface area contributed by atoms with Gasteiger partial charge in [-0.2, -0.15) is 0 Å².